The van der Waals surface area contributed by atoms with Gasteiger partial charge in [-0.1, -0.05) is 48.8 Å². The molecular formula is C14H23BrOS. The fourth-order valence-electron chi connectivity index (χ4n) is 1.20. The second kappa shape index (κ2) is 5.77. The van der Waals surface area contributed by atoms with E-state index in [0.717, 1.165) is 17.5 Å². The van der Waals surface area contributed by atoms with E-state index in [4.69, 9.17) is 4.18 Å². The summed E-state index contributed by atoms with van der Waals surface area (Å²) >= 11 is 3.44. The molecule has 0 N–H and O–H groups in total. The van der Waals surface area contributed by atoms with Gasteiger partial charge in [0.2, 0.25) is 0 Å². The van der Waals surface area contributed by atoms with Gasteiger partial charge in [-0.15, -0.1) is 10.3 Å². The second-order valence-corrected chi connectivity index (χ2v) is 10.4. The van der Waals surface area contributed by atoms with Crippen molar-refractivity contribution in [3.05, 3.63) is 34.3 Å². The van der Waals surface area contributed by atoms with Crippen LogP contribution in [0.15, 0.2) is 28.7 Å². The lowest BCUT2D eigenvalue weighted by molar-refractivity contribution is 0.354. The molecule has 1 nitrogen and oxygen atoms in total. The number of hydrogen-bond donors (Lipinski definition) is 0. The molecule has 0 aromatic heterocycles. The lowest BCUT2D eigenvalue weighted by Crippen LogP contribution is -2.25. The van der Waals surface area contributed by atoms with Gasteiger partial charge in [-0.05, 0) is 36.6 Å². The predicted octanol–water partition coefficient (Wildman–Crippen LogP) is 4.79. The van der Waals surface area contributed by atoms with Gasteiger partial charge in [0.25, 0.3) is 0 Å². The Morgan fingerprint density at radius 2 is 1.65 bits per heavy atom. The van der Waals surface area contributed by atoms with E-state index in [1.807, 2.05) is 0 Å². The minimum Gasteiger partial charge on any atom is -0.336 e. The van der Waals surface area contributed by atoms with E-state index in [-0.39, 0.29) is 4.75 Å². The third kappa shape index (κ3) is 4.65. The standard InChI is InChI=1S/C14H23BrOS/c1-14(2,3)17(4,5)16-11-10-12-6-8-13(15)9-7-12/h6-9H,10-11H2,1-5H3. The SMILES string of the molecule is CC(C)(C)S(C)(C)OCCc1ccc(Br)cc1. The lowest BCUT2D eigenvalue weighted by Gasteiger charge is -2.43. The first kappa shape index (κ1) is 15.1. The Hall–Kier alpha value is 0.01000. The van der Waals surface area contributed by atoms with Crippen molar-refractivity contribution >= 4 is 26.2 Å². The minimum atomic E-state index is -0.985. The number of hydrogen-bond acceptors (Lipinski definition) is 1. The quantitative estimate of drug-likeness (QED) is 0.775. The summed E-state index contributed by atoms with van der Waals surface area (Å²) in [7, 11) is -0.985. The maximum absolute atomic E-state index is 6.10. The largest absolute Gasteiger partial charge is 0.336 e. The Morgan fingerprint density at radius 1 is 1.12 bits per heavy atom. The third-order valence-electron chi connectivity index (χ3n) is 3.16. The first-order valence-corrected chi connectivity index (χ1v) is 9.01. The number of rotatable bonds is 4. The van der Waals surface area contributed by atoms with Crippen LogP contribution in [-0.4, -0.2) is 23.9 Å². The first-order valence-electron chi connectivity index (χ1n) is 5.84. The third-order valence-corrected chi connectivity index (χ3v) is 7.39. The molecule has 3 heteroatoms. The van der Waals surface area contributed by atoms with Crippen LogP contribution in [0, 0.1) is 0 Å². The Morgan fingerprint density at radius 3 is 2.12 bits per heavy atom. The molecule has 0 saturated carbocycles. The molecule has 0 saturated heterocycles. The van der Waals surface area contributed by atoms with Crippen molar-refractivity contribution in [2.45, 2.75) is 31.9 Å². The average molecular weight is 319 g/mol. The molecule has 0 amide bonds. The van der Waals surface area contributed by atoms with Crippen molar-refractivity contribution in [3.8, 4) is 0 Å². The van der Waals surface area contributed by atoms with Crippen LogP contribution >= 0.6 is 26.2 Å². The maximum atomic E-state index is 6.10. The molecule has 0 radical (unpaired) electrons. The van der Waals surface area contributed by atoms with Crippen molar-refractivity contribution in [2.75, 3.05) is 19.1 Å². The fraction of sp³-hybridized carbons (Fsp3) is 0.571. The Labute approximate surface area is 116 Å². The lowest BCUT2D eigenvalue weighted by atomic mass is 10.2. The van der Waals surface area contributed by atoms with E-state index in [0.29, 0.717) is 0 Å². The number of benzene rings is 1. The van der Waals surface area contributed by atoms with Crippen LogP contribution < -0.4 is 0 Å². The molecule has 1 aromatic rings. The molecule has 0 spiro atoms. The first-order chi connectivity index (χ1) is 7.72. The zero-order chi connectivity index (χ0) is 13.1. The normalized spacial score (nSPS) is 13.8. The molecule has 17 heavy (non-hydrogen) atoms. The molecule has 0 heterocycles. The van der Waals surface area contributed by atoms with Gasteiger partial charge < -0.3 is 4.18 Å². The molecule has 1 rings (SSSR count). The van der Waals surface area contributed by atoms with Gasteiger partial charge in [0.15, 0.2) is 0 Å². The van der Waals surface area contributed by atoms with Gasteiger partial charge in [0, 0.05) is 9.22 Å². The van der Waals surface area contributed by atoms with E-state index >= 15 is 0 Å². The number of halogens is 1. The van der Waals surface area contributed by atoms with Gasteiger partial charge in [0.05, 0.1) is 6.61 Å². The Balaban J connectivity index is 2.45. The highest BCUT2D eigenvalue weighted by atomic mass is 79.9. The van der Waals surface area contributed by atoms with Crippen LogP contribution in [0.25, 0.3) is 0 Å². The Bertz CT molecular complexity index is 351. The zero-order valence-electron chi connectivity index (χ0n) is 11.4. The summed E-state index contributed by atoms with van der Waals surface area (Å²) in [4.78, 5) is 0. The molecule has 0 bridgehead atoms. The second-order valence-electron chi connectivity index (χ2n) is 5.54. The van der Waals surface area contributed by atoms with Gasteiger partial charge in [-0.25, -0.2) is 0 Å². The summed E-state index contributed by atoms with van der Waals surface area (Å²) in [6.07, 6.45) is 5.48. The highest BCUT2D eigenvalue weighted by Crippen LogP contribution is 2.53. The summed E-state index contributed by atoms with van der Waals surface area (Å²) in [5, 5.41) is 0. The predicted molar refractivity (Wildman–Crippen MR) is 83.0 cm³/mol. The average Bonchev–Trinajstić information content (AvgIpc) is 2.19. The smallest absolute Gasteiger partial charge is 0.0632 e. The molecule has 0 fully saturated rings. The summed E-state index contributed by atoms with van der Waals surface area (Å²) in [5.41, 5.74) is 1.33. The molecule has 0 aliphatic carbocycles. The van der Waals surface area contributed by atoms with Crippen LogP contribution in [0.5, 0.6) is 0 Å². The molecule has 1 aromatic carbocycles. The van der Waals surface area contributed by atoms with Crippen LogP contribution in [0.1, 0.15) is 26.3 Å². The van der Waals surface area contributed by atoms with Crippen molar-refractivity contribution in [1.82, 2.24) is 0 Å². The molecule has 0 atom stereocenters. The summed E-state index contributed by atoms with van der Waals surface area (Å²) in [6.45, 7) is 7.56. The van der Waals surface area contributed by atoms with Crippen molar-refractivity contribution in [2.24, 2.45) is 0 Å². The molecule has 0 aliphatic heterocycles. The van der Waals surface area contributed by atoms with Crippen molar-refractivity contribution in [1.29, 1.82) is 0 Å². The van der Waals surface area contributed by atoms with E-state index < -0.39 is 10.3 Å². The van der Waals surface area contributed by atoms with Crippen molar-refractivity contribution in [3.63, 3.8) is 0 Å². The van der Waals surface area contributed by atoms with Gasteiger partial charge in [-0.2, -0.15) is 0 Å². The Kier molecular flexibility index (Phi) is 5.11. The summed E-state index contributed by atoms with van der Waals surface area (Å²) in [5.74, 6) is 0. The fourth-order valence-corrected chi connectivity index (χ4v) is 2.31. The van der Waals surface area contributed by atoms with Gasteiger partial charge in [-0.3, -0.25) is 0 Å². The monoisotopic (exact) mass is 318 g/mol. The van der Waals surface area contributed by atoms with Gasteiger partial charge in [0.1, 0.15) is 0 Å². The highest BCUT2D eigenvalue weighted by Gasteiger charge is 2.28. The van der Waals surface area contributed by atoms with Crippen LogP contribution in [-0.2, 0) is 10.6 Å². The van der Waals surface area contributed by atoms with E-state index in [9.17, 15) is 0 Å². The highest BCUT2D eigenvalue weighted by molar-refractivity contribution is 9.10. The van der Waals surface area contributed by atoms with Crippen molar-refractivity contribution < 1.29 is 4.18 Å². The molecule has 0 unspecified atom stereocenters. The van der Waals surface area contributed by atoms with E-state index in [2.05, 4.69) is 73.5 Å². The van der Waals surface area contributed by atoms with Crippen LogP contribution in [0.3, 0.4) is 0 Å². The summed E-state index contributed by atoms with van der Waals surface area (Å²) in [6, 6.07) is 8.45. The molecule has 0 aliphatic rings. The zero-order valence-corrected chi connectivity index (χ0v) is 13.8. The molecule has 98 valence electrons. The van der Waals surface area contributed by atoms with Gasteiger partial charge >= 0.3 is 0 Å². The van der Waals surface area contributed by atoms with Crippen LogP contribution in [0.2, 0.25) is 0 Å². The topological polar surface area (TPSA) is 9.23 Å². The minimum absolute atomic E-state index is 0.243. The van der Waals surface area contributed by atoms with E-state index in [1.54, 1.807) is 0 Å². The van der Waals surface area contributed by atoms with Crippen LogP contribution in [0.4, 0.5) is 0 Å². The van der Waals surface area contributed by atoms with E-state index in [1.165, 1.54) is 5.56 Å². The maximum Gasteiger partial charge on any atom is 0.0632 e. The summed E-state index contributed by atoms with van der Waals surface area (Å²) < 4.78 is 7.47. The molecular weight excluding hydrogens is 296 g/mol.